The van der Waals surface area contributed by atoms with Crippen molar-refractivity contribution in [1.29, 1.82) is 0 Å². The highest BCUT2D eigenvalue weighted by atomic mass is 19.4. The summed E-state index contributed by atoms with van der Waals surface area (Å²) in [5.74, 6) is 0.117. The molecule has 0 bridgehead atoms. The lowest BCUT2D eigenvalue weighted by molar-refractivity contribution is -0.142. The van der Waals surface area contributed by atoms with Crippen molar-refractivity contribution >= 4 is 17.5 Å². The molecule has 0 atom stereocenters. The second-order valence-corrected chi connectivity index (χ2v) is 7.95. The maximum atomic E-state index is 13.9. The van der Waals surface area contributed by atoms with Gasteiger partial charge in [-0.05, 0) is 19.1 Å². The first-order valence-corrected chi connectivity index (χ1v) is 10.5. The first-order chi connectivity index (χ1) is 16.2. The van der Waals surface area contributed by atoms with E-state index in [1.165, 1.54) is 10.7 Å². The van der Waals surface area contributed by atoms with E-state index in [4.69, 9.17) is 0 Å². The summed E-state index contributed by atoms with van der Waals surface area (Å²) in [6, 6.07) is 3.94. The number of aromatic nitrogens is 7. The standard InChI is InChI=1S/C21H20F3N9O/c1-13-14(12-30(2)28-13)15-10-17(21(22,23)24)33-18(27-15)11-16(29-33)19(34)31-6-8-32(9-7-31)20-25-4-3-5-26-20/h3-5,10-12H,6-9H2,1-2H3. The van der Waals surface area contributed by atoms with Crippen LogP contribution >= 0.6 is 0 Å². The largest absolute Gasteiger partial charge is 0.433 e. The van der Waals surface area contributed by atoms with Gasteiger partial charge in [0, 0.05) is 63.4 Å². The van der Waals surface area contributed by atoms with Gasteiger partial charge in [0.1, 0.15) is 0 Å². The third-order valence-corrected chi connectivity index (χ3v) is 5.63. The molecular formula is C21H20F3N9O. The van der Waals surface area contributed by atoms with Gasteiger partial charge in [-0.25, -0.2) is 19.5 Å². The molecule has 4 aromatic rings. The van der Waals surface area contributed by atoms with Crippen molar-refractivity contribution in [3.8, 4) is 11.3 Å². The minimum atomic E-state index is -4.69. The molecule has 0 saturated carbocycles. The van der Waals surface area contributed by atoms with Crippen LogP contribution in [-0.2, 0) is 13.2 Å². The lowest BCUT2D eigenvalue weighted by Crippen LogP contribution is -2.49. The van der Waals surface area contributed by atoms with Crippen LogP contribution in [0, 0.1) is 6.92 Å². The molecule has 0 aliphatic carbocycles. The molecule has 0 spiro atoms. The molecule has 5 heterocycles. The van der Waals surface area contributed by atoms with Crippen LogP contribution in [0.3, 0.4) is 0 Å². The molecule has 0 N–H and O–H groups in total. The van der Waals surface area contributed by atoms with E-state index in [0.29, 0.717) is 47.9 Å². The monoisotopic (exact) mass is 471 g/mol. The maximum Gasteiger partial charge on any atom is 0.433 e. The Balaban J connectivity index is 1.45. The van der Waals surface area contributed by atoms with E-state index in [-0.39, 0.29) is 17.0 Å². The summed E-state index contributed by atoms with van der Waals surface area (Å²) in [5.41, 5.74) is -0.0377. The quantitative estimate of drug-likeness (QED) is 0.452. The molecule has 10 nitrogen and oxygen atoms in total. The van der Waals surface area contributed by atoms with Crippen molar-refractivity contribution in [2.75, 3.05) is 31.1 Å². The zero-order chi connectivity index (χ0) is 24.0. The van der Waals surface area contributed by atoms with Crippen LogP contribution in [0.2, 0.25) is 0 Å². The average Bonchev–Trinajstić information content (AvgIpc) is 3.40. The fourth-order valence-electron chi connectivity index (χ4n) is 4.00. The minimum Gasteiger partial charge on any atom is -0.337 e. The number of anilines is 1. The van der Waals surface area contributed by atoms with E-state index < -0.39 is 17.8 Å². The Morgan fingerprint density at radius 1 is 1.03 bits per heavy atom. The summed E-state index contributed by atoms with van der Waals surface area (Å²) < 4.78 is 43.8. The molecule has 1 fully saturated rings. The zero-order valence-corrected chi connectivity index (χ0v) is 18.4. The third-order valence-electron chi connectivity index (χ3n) is 5.63. The van der Waals surface area contributed by atoms with Crippen LogP contribution in [0.15, 0.2) is 36.8 Å². The Morgan fingerprint density at radius 2 is 1.74 bits per heavy atom. The Bertz CT molecular complexity index is 1360. The number of rotatable bonds is 3. The van der Waals surface area contributed by atoms with Crippen LogP contribution < -0.4 is 4.90 Å². The van der Waals surface area contributed by atoms with Crippen LogP contribution in [0.1, 0.15) is 21.9 Å². The summed E-state index contributed by atoms with van der Waals surface area (Å²) in [7, 11) is 1.68. The number of carbonyl (C=O) groups excluding carboxylic acids is 1. The van der Waals surface area contributed by atoms with Crippen LogP contribution in [0.5, 0.6) is 0 Å². The number of fused-ring (bicyclic) bond motifs is 1. The van der Waals surface area contributed by atoms with Crippen molar-refractivity contribution in [2.24, 2.45) is 7.05 Å². The average molecular weight is 471 g/mol. The Kier molecular flexibility index (Phi) is 5.18. The molecule has 13 heteroatoms. The highest BCUT2D eigenvalue weighted by Crippen LogP contribution is 2.33. The number of hydrogen-bond donors (Lipinski definition) is 0. The fourth-order valence-corrected chi connectivity index (χ4v) is 4.00. The van der Waals surface area contributed by atoms with Gasteiger partial charge in [-0.2, -0.15) is 23.4 Å². The molecule has 176 valence electrons. The van der Waals surface area contributed by atoms with Gasteiger partial charge in [0.2, 0.25) is 5.95 Å². The van der Waals surface area contributed by atoms with E-state index >= 15 is 0 Å². The lowest BCUT2D eigenvalue weighted by Gasteiger charge is -2.34. The van der Waals surface area contributed by atoms with Gasteiger partial charge in [0.05, 0.1) is 11.4 Å². The number of halogens is 3. The second-order valence-electron chi connectivity index (χ2n) is 7.95. The molecule has 5 rings (SSSR count). The van der Waals surface area contributed by atoms with E-state index in [1.807, 2.05) is 4.90 Å². The highest BCUT2D eigenvalue weighted by Gasteiger charge is 2.36. The number of nitrogens with zero attached hydrogens (tertiary/aromatic N) is 9. The fraction of sp³-hybridized carbons (Fsp3) is 0.333. The number of alkyl halides is 3. The molecule has 1 aliphatic rings. The smallest absolute Gasteiger partial charge is 0.337 e. The van der Waals surface area contributed by atoms with Gasteiger partial charge in [0.15, 0.2) is 17.0 Å². The van der Waals surface area contributed by atoms with E-state index in [1.54, 1.807) is 43.5 Å². The number of piperazine rings is 1. The summed E-state index contributed by atoms with van der Waals surface area (Å²) >= 11 is 0. The molecule has 0 radical (unpaired) electrons. The Morgan fingerprint density at radius 3 is 2.35 bits per heavy atom. The van der Waals surface area contributed by atoms with Gasteiger partial charge < -0.3 is 9.80 Å². The normalized spacial score (nSPS) is 14.7. The number of carbonyl (C=O) groups is 1. The number of amides is 1. The molecule has 4 aromatic heterocycles. The minimum absolute atomic E-state index is 0.0623. The van der Waals surface area contributed by atoms with Crippen LogP contribution in [0.25, 0.3) is 16.9 Å². The molecule has 1 saturated heterocycles. The van der Waals surface area contributed by atoms with E-state index in [9.17, 15) is 18.0 Å². The van der Waals surface area contributed by atoms with Gasteiger partial charge in [-0.1, -0.05) is 0 Å². The topological polar surface area (TPSA) is 97.3 Å². The number of hydrogen-bond acceptors (Lipinski definition) is 7. The van der Waals surface area contributed by atoms with Gasteiger partial charge in [-0.15, -0.1) is 0 Å². The first kappa shape index (κ1) is 21.8. The number of aryl methyl sites for hydroxylation is 2. The maximum absolute atomic E-state index is 13.9. The lowest BCUT2D eigenvalue weighted by atomic mass is 10.1. The first-order valence-electron chi connectivity index (χ1n) is 10.5. The van der Waals surface area contributed by atoms with E-state index in [2.05, 4.69) is 25.1 Å². The summed E-state index contributed by atoms with van der Waals surface area (Å²) in [4.78, 5) is 29.3. The van der Waals surface area contributed by atoms with Crippen LogP contribution in [-0.4, -0.2) is 71.3 Å². The summed E-state index contributed by atoms with van der Waals surface area (Å²) in [6.45, 7) is 3.43. The van der Waals surface area contributed by atoms with Crippen LogP contribution in [0.4, 0.5) is 19.1 Å². The zero-order valence-electron chi connectivity index (χ0n) is 18.4. The molecule has 0 unspecified atom stereocenters. The highest BCUT2D eigenvalue weighted by molar-refractivity contribution is 5.93. The summed E-state index contributed by atoms with van der Waals surface area (Å²) in [6.07, 6.45) is 0.193. The third kappa shape index (κ3) is 3.93. The van der Waals surface area contributed by atoms with Crippen molar-refractivity contribution in [2.45, 2.75) is 13.1 Å². The summed E-state index contributed by atoms with van der Waals surface area (Å²) in [5, 5.41) is 8.16. The Labute approximate surface area is 191 Å². The predicted molar refractivity (Wildman–Crippen MR) is 115 cm³/mol. The van der Waals surface area contributed by atoms with E-state index in [0.717, 1.165) is 6.07 Å². The molecular weight excluding hydrogens is 451 g/mol. The van der Waals surface area contributed by atoms with Crippen molar-refractivity contribution in [1.82, 2.24) is 39.2 Å². The Hall–Kier alpha value is -4.03. The van der Waals surface area contributed by atoms with Crippen molar-refractivity contribution < 1.29 is 18.0 Å². The molecule has 1 amide bonds. The van der Waals surface area contributed by atoms with Crippen molar-refractivity contribution in [3.63, 3.8) is 0 Å². The predicted octanol–water partition coefficient (Wildman–Crippen LogP) is 2.21. The molecule has 1 aliphatic heterocycles. The molecule has 34 heavy (non-hydrogen) atoms. The van der Waals surface area contributed by atoms with Gasteiger partial charge >= 0.3 is 6.18 Å². The van der Waals surface area contributed by atoms with Gasteiger partial charge in [-0.3, -0.25) is 9.48 Å². The molecule has 0 aromatic carbocycles. The second kappa shape index (κ2) is 8.08. The van der Waals surface area contributed by atoms with Crippen molar-refractivity contribution in [3.05, 3.63) is 53.9 Å². The van der Waals surface area contributed by atoms with Gasteiger partial charge in [0.25, 0.3) is 5.91 Å². The SMILES string of the molecule is Cc1nn(C)cc1-c1cc(C(F)(F)F)n2nc(C(=O)N3CCN(c4ncccn4)CC3)cc2n1.